The molecule has 190 valence electrons. The maximum atomic E-state index is 6.38. The molecule has 0 saturated carbocycles. The van der Waals surface area contributed by atoms with Gasteiger partial charge in [-0.2, -0.15) is 0 Å². The molecule has 5 nitrogen and oxygen atoms in total. The number of amidine groups is 2. The van der Waals surface area contributed by atoms with Gasteiger partial charge in [0.2, 0.25) is 17.0 Å². The van der Waals surface area contributed by atoms with Gasteiger partial charge in [-0.1, -0.05) is 145 Å². The Morgan fingerprint density at radius 1 is 0.853 bits per heavy atom. The van der Waals surface area contributed by atoms with Gasteiger partial charge in [-0.15, -0.1) is 0 Å². The lowest BCUT2D eigenvalue weighted by atomic mass is 10.1. The van der Waals surface area contributed by atoms with Gasteiger partial charge in [0.15, 0.2) is 11.7 Å². The number of methoxy groups -OCH3 is 2. The zero-order valence-electron chi connectivity index (χ0n) is 16.6. The summed E-state index contributed by atoms with van der Waals surface area (Å²) in [4.78, 5) is 9.00. The van der Waals surface area contributed by atoms with Crippen LogP contribution < -0.4 is 9.47 Å². The standard InChI is InChI=1S/C17H11Cl12N3O2/c1-33-9-4-3-8(10(7-9)34-2)5-6-13(16(24,25)26)31-11(14(18,19)20)30-12(15(21,22)23)32(13)17(27,28)29/h3-7H,1-2H3. The summed E-state index contributed by atoms with van der Waals surface area (Å²) in [6.07, 6.45) is 2.69. The SMILES string of the molecule is COc1ccc(C=CC2(C(Cl)(Cl)Cl)N=C(C(Cl)(Cl)Cl)N=C(C(Cl)(Cl)Cl)N2C(Cl)(Cl)Cl)c(OC)c1. The van der Waals surface area contributed by atoms with Gasteiger partial charge in [-0.25, -0.2) is 9.98 Å². The number of hydrogen-bond acceptors (Lipinski definition) is 5. The molecular formula is C17H11Cl12N3O2. The Bertz CT molecular complexity index is 1000. The van der Waals surface area contributed by atoms with Crippen molar-refractivity contribution in [3.63, 3.8) is 0 Å². The van der Waals surface area contributed by atoms with E-state index in [4.69, 9.17) is 149 Å². The van der Waals surface area contributed by atoms with E-state index in [0.29, 0.717) is 17.1 Å². The Morgan fingerprint density at radius 3 is 1.85 bits per heavy atom. The molecule has 0 saturated heterocycles. The van der Waals surface area contributed by atoms with Crippen LogP contribution >= 0.6 is 139 Å². The van der Waals surface area contributed by atoms with Crippen molar-refractivity contribution < 1.29 is 9.47 Å². The third-order valence-electron chi connectivity index (χ3n) is 4.15. The van der Waals surface area contributed by atoms with Crippen molar-refractivity contribution in [3.05, 3.63) is 29.8 Å². The van der Waals surface area contributed by atoms with Crippen LogP contribution in [0.15, 0.2) is 34.3 Å². The van der Waals surface area contributed by atoms with Crippen molar-refractivity contribution in [1.82, 2.24) is 4.90 Å². The number of benzene rings is 1. The highest BCUT2D eigenvalue weighted by Gasteiger charge is 2.63. The van der Waals surface area contributed by atoms with Crippen LogP contribution in [0.5, 0.6) is 11.5 Å². The summed E-state index contributed by atoms with van der Waals surface area (Å²) >= 11 is 74.2. The van der Waals surface area contributed by atoms with E-state index < -0.39 is 32.6 Å². The fourth-order valence-electron chi connectivity index (χ4n) is 2.74. The molecule has 0 N–H and O–H groups in total. The molecule has 1 atom stereocenters. The van der Waals surface area contributed by atoms with Gasteiger partial charge in [0.1, 0.15) is 11.5 Å². The second-order valence-electron chi connectivity index (χ2n) is 6.33. The summed E-state index contributed by atoms with van der Waals surface area (Å²) in [6, 6.07) is 4.91. The number of halogens is 12. The molecule has 0 radical (unpaired) electrons. The lowest BCUT2D eigenvalue weighted by molar-refractivity contribution is 0.231. The summed E-state index contributed by atoms with van der Waals surface area (Å²) in [5.74, 6) is -0.159. The van der Waals surface area contributed by atoms with Gasteiger partial charge >= 0.3 is 0 Å². The van der Waals surface area contributed by atoms with Crippen molar-refractivity contribution in [1.29, 1.82) is 0 Å². The number of alkyl halides is 12. The Morgan fingerprint density at radius 2 is 1.44 bits per heavy atom. The smallest absolute Gasteiger partial charge is 0.271 e. The average Bonchev–Trinajstić information content (AvgIpc) is 2.68. The summed E-state index contributed by atoms with van der Waals surface area (Å²) in [5, 5.41) is 0. The van der Waals surface area contributed by atoms with Crippen molar-refractivity contribution in [3.8, 4) is 11.5 Å². The molecule has 1 aromatic rings. The third-order valence-corrected chi connectivity index (χ3v) is 6.51. The number of rotatable bonds is 4. The molecule has 0 spiro atoms. The largest absolute Gasteiger partial charge is 0.497 e. The first-order valence-electron chi connectivity index (χ1n) is 8.46. The number of aliphatic imine (C=N–C) groups is 2. The van der Waals surface area contributed by atoms with Crippen LogP contribution in [0.4, 0.5) is 0 Å². The third kappa shape index (κ3) is 6.98. The van der Waals surface area contributed by atoms with Gasteiger partial charge in [0.25, 0.3) is 3.92 Å². The van der Waals surface area contributed by atoms with Crippen molar-refractivity contribution in [2.75, 3.05) is 14.2 Å². The highest BCUT2D eigenvalue weighted by molar-refractivity contribution is 6.80. The summed E-state index contributed by atoms with van der Waals surface area (Å²) < 4.78 is 1.10. The van der Waals surface area contributed by atoms with Crippen LogP contribution in [-0.2, 0) is 0 Å². The molecule has 1 unspecified atom stereocenters. The van der Waals surface area contributed by atoms with E-state index in [-0.39, 0.29) is 0 Å². The molecule has 2 rings (SSSR count). The van der Waals surface area contributed by atoms with Gasteiger partial charge in [0.05, 0.1) is 14.2 Å². The number of hydrogen-bond donors (Lipinski definition) is 0. The fraction of sp³-hybridized carbons (Fsp3) is 0.412. The van der Waals surface area contributed by atoms with Gasteiger partial charge in [0, 0.05) is 11.6 Å². The summed E-state index contributed by atoms with van der Waals surface area (Å²) in [5.41, 5.74) is -1.79. The summed E-state index contributed by atoms with van der Waals surface area (Å²) in [7, 11) is 2.94. The quantitative estimate of drug-likeness (QED) is 0.231. The zero-order valence-corrected chi connectivity index (χ0v) is 25.7. The number of ether oxygens (including phenoxy) is 2. The van der Waals surface area contributed by atoms with Crippen LogP contribution in [0.3, 0.4) is 0 Å². The molecular weight excluding hydrogens is 704 g/mol. The molecule has 0 aromatic heterocycles. The molecule has 17 heteroatoms. The first-order chi connectivity index (χ1) is 15.3. The maximum Gasteiger partial charge on any atom is 0.271 e. The second kappa shape index (κ2) is 11.1. The van der Waals surface area contributed by atoms with Gasteiger partial charge < -0.3 is 9.47 Å². The minimum atomic E-state index is -2.44. The predicted octanol–water partition coefficient (Wildman–Crippen LogP) is 8.96. The molecule has 1 aliphatic rings. The minimum absolute atomic E-state index is 0.382. The van der Waals surface area contributed by atoms with Crippen LogP contribution in [-0.4, -0.2) is 51.7 Å². The lowest BCUT2D eigenvalue weighted by Gasteiger charge is -2.50. The van der Waals surface area contributed by atoms with E-state index >= 15 is 0 Å². The van der Waals surface area contributed by atoms with E-state index in [0.717, 1.165) is 4.90 Å². The highest BCUT2D eigenvalue weighted by Crippen LogP contribution is 2.54. The number of nitrogens with zero attached hydrogens (tertiary/aromatic N) is 3. The minimum Gasteiger partial charge on any atom is -0.497 e. The van der Waals surface area contributed by atoms with Crippen molar-refractivity contribution in [2.45, 2.75) is 21.0 Å². The lowest BCUT2D eigenvalue weighted by Crippen LogP contribution is -2.66. The van der Waals surface area contributed by atoms with Crippen LogP contribution in [0.1, 0.15) is 5.56 Å². The van der Waals surface area contributed by atoms with Crippen molar-refractivity contribution in [2.24, 2.45) is 9.98 Å². The monoisotopic (exact) mass is 709 g/mol. The molecule has 0 amide bonds. The highest BCUT2D eigenvalue weighted by atomic mass is 35.6. The molecule has 1 aromatic carbocycles. The topological polar surface area (TPSA) is 46.4 Å². The molecule has 34 heavy (non-hydrogen) atoms. The van der Waals surface area contributed by atoms with Crippen molar-refractivity contribution >= 4 is 157 Å². The molecule has 0 fully saturated rings. The van der Waals surface area contributed by atoms with Gasteiger partial charge in [-0.3, -0.25) is 4.90 Å². The van der Waals surface area contributed by atoms with E-state index in [9.17, 15) is 0 Å². The maximum absolute atomic E-state index is 6.38. The Kier molecular flexibility index (Phi) is 10.3. The Hall–Kier alpha value is 1.18. The van der Waals surface area contributed by atoms with E-state index in [1.165, 1.54) is 26.4 Å². The van der Waals surface area contributed by atoms with Crippen LogP contribution in [0.2, 0.25) is 0 Å². The molecule has 0 aliphatic carbocycles. The van der Waals surface area contributed by atoms with E-state index in [1.54, 1.807) is 18.2 Å². The molecule has 1 aliphatic heterocycles. The van der Waals surface area contributed by atoms with E-state index in [1.807, 2.05) is 0 Å². The fourth-order valence-corrected chi connectivity index (χ4v) is 4.57. The molecule has 0 bridgehead atoms. The first-order valence-corrected chi connectivity index (χ1v) is 13.0. The molecule has 1 heterocycles. The predicted molar refractivity (Wildman–Crippen MR) is 149 cm³/mol. The average molecular weight is 715 g/mol. The Balaban J connectivity index is 2.92. The summed E-state index contributed by atoms with van der Waals surface area (Å²) in [6.45, 7) is 0. The van der Waals surface area contributed by atoms with Crippen LogP contribution in [0.25, 0.3) is 6.08 Å². The van der Waals surface area contributed by atoms with Gasteiger partial charge in [-0.05, 0) is 18.2 Å². The first kappa shape index (κ1) is 31.4. The second-order valence-corrected chi connectivity index (χ2v) is 15.4. The van der Waals surface area contributed by atoms with Crippen LogP contribution in [0, 0.1) is 0 Å². The Labute approximate surface area is 255 Å². The normalized spacial score (nSPS) is 20.4. The zero-order chi connectivity index (χ0) is 26.3. The van der Waals surface area contributed by atoms with E-state index in [2.05, 4.69) is 9.98 Å².